The molecule has 0 saturated carbocycles. The zero-order chi connectivity index (χ0) is 6.04. The topological polar surface area (TPSA) is 35.1 Å². The van der Waals surface area contributed by atoms with Crippen molar-refractivity contribution in [3.63, 3.8) is 0 Å². The number of rotatable bonds is 1. The minimum Gasteiger partial charge on any atom is -0.632 e. The van der Waals surface area contributed by atoms with E-state index < -0.39 is 0 Å². The van der Waals surface area contributed by atoms with Crippen molar-refractivity contribution in [2.24, 2.45) is 0 Å². The van der Waals surface area contributed by atoms with Crippen LogP contribution in [-0.2, 0) is 0 Å². The summed E-state index contributed by atoms with van der Waals surface area (Å²) in [6, 6.07) is 0. The van der Waals surface area contributed by atoms with Crippen LogP contribution in [-0.4, -0.2) is 30.9 Å². The van der Waals surface area contributed by atoms with Crippen molar-refractivity contribution in [1.82, 2.24) is 5.32 Å². The summed E-state index contributed by atoms with van der Waals surface area (Å²) < 4.78 is -0.153. The third kappa shape index (κ3) is 0.992. The first-order valence-corrected chi connectivity index (χ1v) is 2.84. The van der Waals surface area contributed by atoms with Gasteiger partial charge in [0.1, 0.15) is 6.67 Å². The summed E-state index contributed by atoms with van der Waals surface area (Å²) in [5.74, 6) is 0. The molecular formula is C5H11N2O. The van der Waals surface area contributed by atoms with Gasteiger partial charge < -0.3 is 9.85 Å². The lowest BCUT2D eigenvalue weighted by Gasteiger charge is -2.35. The van der Waals surface area contributed by atoms with E-state index in [4.69, 9.17) is 0 Å². The van der Waals surface area contributed by atoms with Gasteiger partial charge in [-0.05, 0) is 0 Å². The fraction of sp³-hybridized carbons (Fsp3) is 0.800. The SMILES string of the molecule is [CH2]C[N+]1([O-])CCNC1. The van der Waals surface area contributed by atoms with Gasteiger partial charge in [0.2, 0.25) is 0 Å². The van der Waals surface area contributed by atoms with Crippen molar-refractivity contribution in [2.45, 2.75) is 0 Å². The van der Waals surface area contributed by atoms with Crippen LogP contribution in [0.15, 0.2) is 0 Å². The Labute approximate surface area is 49.5 Å². The van der Waals surface area contributed by atoms with Gasteiger partial charge in [0.05, 0.1) is 19.6 Å². The molecule has 0 aromatic heterocycles. The molecule has 0 bridgehead atoms. The maximum absolute atomic E-state index is 11.1. The molecule has 3 nitrogen and oxygen atoms in total. The summed E-state index contributed by atoms with van der Waals surface area (Å²) in [6.45, 7) is 6.09. The highest BCUT2D eigenvalue weighted by Gasteiger charge is 2.18. The molecule has 1 atom stereocenters. The third-order valence-electron chi connectivity index (χ3n) is 1.50. The van der Waals surface area contributed by atoms with E-state index in [9.17, 15) is 5.21 Å². The minimum atomic E-state index is -0.153. The molecule has 1 heterocycles. The highest BCUT2D eigenvalue weighted by molar-refractivity contribution is 4.54. The Morgan fingerprint density at radius 3 is 2.75 bits per heavy atom. The molecule has 1 radical (unpaired) electrons. The van der Waals surface area contributed by atoms with Crippen molar-refractivity contribution in [2.75, 3.05) is 26.3 Å². The standard InChI is InChI=1S/C5H11N2O/c1-2-7(8)4-3-6-5-7/h6H,1-5H2. The fourth-order valence-corrected chi connectivity index (χ4v) is 0.836. The van der Waals surface area contributed by atoms with Crippen molar-refractivity contribution in [1.29, 1.82) is 0 Å². The average Bonchev–Trinajstić information content (AvgIpc) is 2.17. The number of hydrogen-bond acceptors (Lipinski definition) is 2. The molecule has 1 saturated heterocycles. The summed E-state index contributed by atoms with van der Waals surface area (Å²) in [5.41, 5.74) is 0. The summed E-state index contributed by atoms with van der Waals surface area (Å²) in [5, 5.41) is 14.1. The van der Waals surface area contributed by atoms with E-state index in [0.29, 0.717) is 19.8 Å². The molecule has 0 amide bonds. The van der Waals surface area contributed by atoms with E-state index in [1.165, 1.54) is 0 Å². The zero-order valence-electron chi connectivity index (χ0n) is 4.89. The first-order chi connectivity index (χ1) is 3.77. The molecule has 0 spiro atoms. The highest BCUT2D eigenvalue weighted by Crippen LogP contribution is 2.03. The average molecular weight is 115 g/mol. The fourth-order valence-electron chi connectivity index (χ4n) is 0.836. The smallest absolute Gasteiger partial charge is 0.132 e. The first kappa shape index (κ1) is 6.01. The van der Waals surface area contributed by atoms with Gasteiger partial charge in [-0.1, -0.05) is 0 Å². The molecule has 47 valence electrons. The van der Waals surface area contributed by atoms with Gasteiger partial charge in [-0.25, -0.2) is 0 Å². The normalized spacial score (nSPS) is 38.2. The van der Waals surface area contributed by atoms with E-state index in [0.717, 1.165) is 6.54 Å². The van der Waals surface area contributed by atoms with Crippen LogP contribution in [0.2, 0.25) is 0 Å². The first-order valence-electron chi connectivity index (χ1n) is 2.84. The van der Waals surface area contributed by atoms with Crippen LogP contribution in [0.25, 0.3) is 0 Å². The van der Waals surface area contributed by atoms with Crippen LogP contribution >= 0.6 is 0 Å². The van der Waals surface area contributed by atoms with E-state index >= 15 is 0 Å². The Morgan fingerprint density at radius 1 is 1.75 bits per heavy atom. The van der Waals surface area contributed by atoms with Gasteiger partial charge in [0.25, 0.3) is 0 Å². The number of nitrogens with one attached hydrogen (secondary N) is 1. The zero-order valence-corrected chi connectivity index (χ0v) is 4.89. The number of hydrogen-bond donors (Lipinski definition) is 1. The Hall–Kier alpha value is -0.120. The van der Waals surface area contributed by atoms with Crippen molar-refractivity contribution in [3.8, 4) is 0 Å². The predicted molar refractivity (Wildman–Crippen MR) is 31.6 cm³/mol. The Kier molecular flexibility index (Phi) is 1.51. The number of quaternary nitrogens is 1. The van der Waals surface area contributed by atoms with Crippen molar-refractivity contribution >= 4 is 0 Å². The third-order valence-corrected chi connectivity index (χ3v) is 1.50. The van der Waals surface area contributed by atoms with Crippen LogP contribution in [0, 0.1) is 12.1 Å². The Bertz CT molecular complexity index is 78.5. The summed E-state index contributed by atoms with van der Waals surface area (Å²) in [6.07, 6.45) is 0. The van der Waals surface area contributed by atoms with Crippen LogP contribution in [0.1, 0.15) is 0 Å². The largest absolute Gasteiger partial charge is 0.632 e. The van der Waals surface area contributed by atoms with Gasteiger partial charge in [0.15, 0.2) is 0 Å². The van der Waals surface area contributed by atoms with Crippen LogP contribution in [0.5, 0.6) is 0 Å². The highest BCUT2D eigenvalue weighted by atomic mass is 16.5. The van der Waals surface area contributed by atoms with Gasteiger partial charge in [0, 0.05) is 6.92 Å². The molecule has 1 fully saturated rings. The quantitative estimate of drug-likeness (QED) is 0.376. The minimum absolute atomic E-state index is 0.153. The van der Waals surface area contributed by atoms with E-state index in [2.05, 4.69) is 12.2 Å². The molecule has 1 rings (SSSR count). The Balaban J connectivity index is 2.40. The lowest BCUT2D eigenvalue weighted by molar-refractivity contribution is -0.863. The maximum Gasteiger partial charge on any atom is 0.132 e. The second-order valence-corrected chi connectivity index (χ2v) is 2.16. The molecule has 0 aromatic carbocycles. The van der Waals surface area contributed by atoms with E-state index in [-0.39, 0.29) is 4.65 Å². The molecular weight excluding hydrogens is 104 g/mol. The van der Waals surface area contributed by atoms with Gasteiger partial charge in [-0.15, -0.1) is 0 Å². The lowest BCUT2D eigenvalue weighted by atomic mass is 10.5. The molecule has 1 aliphatic rings. The van der Waals surface area contributed by atoms with Crippen LogP contribution < -0.4 is 5.32 Å². The molecule has 1 unspecified atom stereocenters. The second-order valence-electron chi connectivity index (χ2n) is 2.16. The lowest BCUT2D eigenvalue weighted by Crippen LogP contribution is -2.40. The van der Waals surface area contributed by atoms with Crippen molar-refractivity contribution < 1.29 is 4.65 Å². The van der Waals surface area contributed by atoms with Gasteiger partial charge in [-0.2, -0.15) is 0 Å². The van der Waals surface area contributed by atoms with E-state index in [1.54, 1.807) is 0 Å². The number of hydroxylamine groups is 3. The summed E-state index contributed by atoms with van der Waals surface area (Å²) >= 11 is 0. The molecule has 1 aliphatic heterocycles. The molecule has 0 aliphatic carbocycles. The molecule has 1 N–H and O–H groups in total. The molecule has 8 heavy (non-hydrogen) atoms. The predicted octanol–water partition coefficient (Wildman–Crippen LogP) is -0.304. The number of nitrogens with zero attached hydrogens (tertiary/aromatic N) is 1. The second kappa shape index (κ2) is 2.01. The Morgan fingerprint density at radius 2 is 2.50 bits per heavy atom. The van der Waals surface area contributed by atoms with Crippen LogP contribution in [0.3, 0.4) is 0 Å². The monoisotopic (exact) mass is 115 g/mol. The summed E-state index contributed by atoms with van der Waals surface area (Å²) in [7, 11) is 0. The van der Waals surface area contributed by atoms with Gasteiger partial charge >= 0.3 is 0 Å². The van der Waals surface area contributed by atoms with Crippen LogP contribution in [0.4, 0.5) is 0 Å². The van der Waals surface area contributed by atoms with E-state index in [1.807, 2.05) is 0 Å². The molecule has 0 aromatic rings. The summed E-state index contributed by atoms with van der Waals surface area (Å²) in [4.78, 5) is 0. The molecule has 3 heteroatoms. The maximum atomic E-state index is 11.1. The van der Waals surface area contributed by atoms with Gasteiger partial charge in [-0.3, -0.25) is 5.32 Å². The van der Waals surface area contributed by atoms with Crippen molar-refractivity contribution in [3.05, 3.63) is 12.1 Å².